The Morgan fingerprint density at radius 2 is 1.80 bits per heavy atom. The molecule has 1 aromatic rings. The van der Waals surface area contributed by atoms with Crippen molar-refractivity contribution in [2.75, 3.05) is 23.7 Å². The fourth-order valence-corrected chi connectivity index (χ4v) is 1.64. The quantitative estimate of drug-likeness (QED) is 0.700. The summed E-state index contributed by atoms with van der Waals surface area (Å²) >= 11 is 0. The summed E-state index contributed by atoms with van der Waals surface area (Å²) in [5.41, 5.74) is 1.98. The lowest BCUT2D eigenvalue weighted by Crippen LogP contribution is -2.38. The topological polar surface area (TPSA) is 53.2 Å². The molecule has 0 bridgehead atoms. The fourth-order valence-electron chi connectivity index (χ4n) is 1.64. The summed E-state index contributed by atoms with van der Waals surface area (Å²) in [5, 5.41) is 9.67. The van der Waals surface area contributed by atoms with E-state index in [1.165, 1.54) is 0 Å². The van der Waals surface area contributed by atoms with Gasteiger partial charge in [-0.05, 0) is 39.0 Å². The third kappa shape index (κ3) is 6.57. The molecule has 0 radical (unpaired) electrons. The van der Waals surface area contributed by atoms with E-state index >= 15 is 0 Å². The third-order valence-electron chi connectivity index (χ3n) is 2.76. The average molecular weight is 277 g/mol. The van der Waals surface area contributed by atoms with Crippen molar-refractivity contribution in [1.29, 1.82) is 0 Å². The number of amides is 1. The highest BCUT2D eigenvalue weighted by molar-refractivity contribution is 5.92. The summed E-state index contributed by atoms with van der Waals surface area (Å²) in [6.45, 7) is 12.0. The van der Waals surface area contributed by atoms with Crippen molar-refractivity contribution in [3.8, 4) is 0 Å². The Morgan fingerprint density at radius 3 is 2.40 bits per heavy atom. The van der Waals surface area contributed by atoms with Gasteiger partial charge in [-0.2, -0.15) is 0 Å². The standard InChI is InChI=1S/C16H27N3O/c1-12(2)15(20)19-14-8-6-7-13(11-14)17-9-10-18-16(3,4)5/h6-8,11-12,17-18H,9-10H2,1-5H3,(H,19,20). The third-order valence-corrected chi connectivity index (χ3v) is 2.76. The Balaban J connectivity index is 2.46. The van der Waals surface area contributed by atoms with E-state index in [-0.39, 0.29) is 17.4 Å². The van der Waals surface area contributed by atoms with E-state index in [0.717, 1.165) is 24.5 Å². The van der Waals surface area contributed by atoms with Gasteiger partial charge >= 0.3 is 0 Å². The molecule has 1 amide bonds. The zero-order chi connectivity index (χ0) is 15.2. The van der Waals surface area contributed by atoms with Crippen molar-refractivity contribution in [2.45, 2.75) is 40.2 Å². The molecule has 20 heavy (non-hydrogen) atoms. The van der Waals surface area contributed by atoms with E-state index in [1.54, 1.807) is 0 Å². The van der Waals surface area contributed by atoms with Gasteiger partial charge in [-0.3, -0.25) is 4.79 Å². The molecule has 0 atom stereocenters. The van der Waals surface area contributed by atoms with Gasteiger partial charge in [0, 0.05) is 35.9 Å². The second-order valence-electron chi connectivity index (χ2n) is 6.33. The molecule has 4 nitrogen and oxygen atoms in total. The highest BCUT2D eigenvalue weighted by Crippen LogP contribution is 2.15. The minimum atomic E-state index is -0.0115. The fraction of sp³-hybridized carbons (Fsp3) is 0.562. The molecule has 0 heterocycles. The molecule has 0 aliphatic rings. The second-order valence-corrected chi connectivity index (χ2v) is 6.33. The molecule has 0 spiro atoms. The predicted molar refractivity (Wildman–Crippen MR) is 86.2 cm³/mol. The van der Waals surface area contributed by atoms with Gasteiger partial charge in [0.15, 0.2) is 0 Å². The smallest absolute Gasteiger partial charge is 0.226 e. The van der Waals surface area contributed by atoms with Crippen LogP contribution in [0.1, 0.15) is 34.6 Å². The highest BCUT2D eigenvalue weighted by atomic mass is 16.1. The van der Waals surface area contributed by atoms with Gasteiger partial charge in [0.1, 0.15) is 0 Å². The molecular weight excluding hydrogens is 250 g/mol. The summed E-state index contributed by atoms with van der Waals surface area (Å²) in [6.07, 6.45) is 0. The number of anilines is 2. The first-order chi connectivity index (χ1) is 9.28. The van der Waals surface area contributed by atoms with Crippen LogP contribution in [-0.2, 0) is 4.79 Å². The molecule has 0 saturated heterocycles. The van der Waals surface area contributed by atoms with Crippen molar-refractivity contribution in [2.24, 2.45) is 5.92 Å². The van der Waals surface area contributed by atoms with E-state index in [0.29, 0.717) is 0 Å². The monoisotopic (exact) mass is 277 g/mol. The van der Waals surface area contributed by atoms with Gasteiger partial charge in [-0.25, -0.2) is 0 Å². The van der Waals surface area contributed by atoms with Gasteiger partial charge in [0.25, 0.3) is 0 Å². The van der Waals surface area contributed by atoms with Crippen LogP contribution in [0.4, 0.5) is 11.4 Å². The molecule has 112 valence electrons. The van der Waals surface area contributed by atoms with Crippen LogP contribution in [0.25, 0.3) is 0 Å². The largest absolute Gasteiger partial charge is 0.384 e. The van der Waals surface area contributed by atoms with Gasteiger partial charge in [-0.15, -0.1) is 0 Å². The van der Waals surface area contributed by atoms with Crippen molar-refractivity contribution < 1.29 is 4.79 Å². The Labute approximate surface area is 122 Å². The van der Waals surface area contributed by atoms with E-state index in [9.17, 15) is 4.79 Å². The molecule has 0 aromatic heterocycles. The van der Waals surface area contributed by atoms with Crippen LogP contribution in [-0.4, -0.2) is 24.5 Å². The number of carbonyl (C=O) groups is 1. The van der Waals surface area contributed by atoms with E-state index in [1.807, 2.05) is 38.1 Å². The Morgan fingerprint density at radius 1 is 1.15 bits per heavy atom. The lowest BCUT2D eigenvalue weighted by atomic mass is 10.1. The van der Waals surface area contributed by atoms with Crippen molar-refractivity contribution in [3.05, 3.63) is 24.3 Å². The molecule has 1 rings (SSSR count). The second kappa shape index (κ2) is 7.29. The normalized spacial score (nSPS) is 11.5. The van der Waals surface area contributed by atoms with Crippen molar-refractivity contribution >= 4 is 17.3 Å². The number of carbonyl (C=O) groups excluding carboxylic acids is 1. The van der Waals surface area contributed by atoms with E-state index in [2.05, 4.69) is 36.7 Å². The summed E-state index contributed by atoms with van der Waals surface area (Å²) in [5.74, 6) is 0.0270. The molecule has 0 unspecified atom stereocenters. The zero-order valence-electron chi connectivity index (χ0n) is 13.2. The maximum Gasteiger partial charge on any atom is 0.226 e. The lowest BCUT2D eigenvalue weighted by molar-refractivity contribution is -0.118. The van der Waals surface area contributed by atoms with Crippen molar-refractivity contribution in [3.63, 3.8) is 0 Å². The first kappa shape index (κ1) is 16.5. The Kier molecular flexibility index (Phi) is 6.02. The Bertz CT molecular complexity index is 436. The molecule has 0 fully saturated rings. The number of rotatable bonds is 6. The summed E-state index contributed by atoms with van der Waals surface area (Å²) in [6, 6.07) is 7.80. The van der Waals surface area contributed by atoms with Gasteiger partial charge in [0.05, 0.1) is 0 Å². The minimum absolute atomic E-state index is 0.0115. The van der Waals surface area contributed by atoms with Gasteiger partial charge in [-0.1, -0.05) is 19.9 Å². The minimum Gasteiger partial charge on any atom is -0.384 e. The Hall–Kier alpha value is -1.55. The van der Waals surface area contributed by atoms with Crippen LogP contribution in [0, 0.1) is 5.92 Å². The molecular formula is C16H27N3O. The van der Waals surface area contributed by atoms with Crippen LogP contribution < -0.4 is 16.0 Å². The average Bonchev–Trinajstić information content (AvgIpc) is 2.34. The van der Waals surface area contributed by atoms with Gasteiger partial charge in [0.2, 0.25) is 5.91 Å². The lowest BCUT2D eigenvalue weighted by Gasteiger charge is -2.20. The SMILES string of the molecule is CC(C)C(=O)Nc1cccc(NCCNC(C)(C)C)c1. The molecule has 1 aromatic carbocycles. The molecule has 0 aliphatic heterocycles. The van der Waals surface area contributed by atoms with Crippen LogP contribution >= 0.6 is 0 Å². The van der Waals surface area contributed by atoms with Crippen molar-refractivity contribution in [1.82, 2.24) is 5.32 Å². The van der Waals surface area contributed by atoms with E-state index < -0.39 is 0 Å². The summed E-state index contributed by atoms with van der Waals surface area (Å²) < 4.78 is 0. The number of hydrogen-bond acceptors (Lipinski definition) is 3. The molecule has 4 heteroatoms. The predicted octanol–water partition coefficient (Wildman–Crippen LogP) is 3.08. The maximum atomic E-state index is 11.7. The molecule has 0 saturated carbocycles. The number of nitrogens with one attached hydrogen (secondary N) is 3. The molecule has 0 aliphatic carbocycles. The van der Waals surface area contributed by atoms with Gasteiger partial charge < -0.3 is 16.0 Å². The highest BCUT2D eigenvalue weighted by Gasteiger charge is 2.08. The van der Waals surface area contributed by atoms with Crippen LogP contribution in [0.2, 0.25) is 0 Å². The molecule has 3 N–H and O–H groups in total. The summed E-state index contributed by atoms with van der Waals surface area (Å²) in [7, 11) is 0. The number of hydrogen-bond donors (Lipinski definition) is 3. The number of benzene rings is 1. The first-order valence-corrected chi connectivity index (χ1v) is 7.18. The van der Waals surface area contributed by atoms with Crippen LogP contribution in [0.15, 0.2) is 24.3 Å². The zero-order valence-corrected chi connectivity index (χ0v) is 13.2. The summed E-state index contributed by atoms with van der Waals surface area (Å²) in [4.78, 5) is 11.7. The van der Waals surface area contributed by atoms with Crippen LogP contribution in [0.5, 0.6) is 0 Å². The van der Waals surface area contributed by atoms with Crippen LogP contribution in [0.3, 0.4) is 0 Å². The van der Waals surface area contributed by atoms with E-state index in [4.69, 9.17) is 0 Å². The maximum absolute atomic E-state index is 11.7. The first-order valence-electron chi connectivity index (χ1n) is 7.18.